The lowest BCUT2D eigenvalue weighted by molar-refractivity contribution is -0.165. The molecule has 3 unspecified atom stereocenters. The standard InChI is InChI=1S/C11H18F3N3/c1-8-3-2-4-17(10(8)6-16)7-9(5-15)11(12,13)14/h8-10H,2-4,6-7,16H2,1H3. The summed E-state index contributed by atoms with van der Waals surface area (Å²) in [6, 6.07) is 1.30. The number of piperidine rings is 1. The zero-order valence-corrected chi connectivity index (χ0v) is 9.87. The third kappa shape index (κ3) is 3.58. The molecule has 0 spiro atoms. The lowest BCUT2D eigenvalue weighted by Gasteiger charge is -2.40. The Labute approximate surface area is 99.4 Å². The number of likely N-dealkylation sites (tertiary alicyclic amines) is 1. The van der Waals surface area contributed by atoms with Crippen LogP contribution in [-0.2, 0) is 0 Å². The van der Waals surface area contributed by atoms with Crippen molar-refractivity contribution in [1.82, 2.24) is 4.90 Å². The molecule has 1 rings (SSSR count). The summed E-state index contributed by atoms with van der Waals surface area (Å²) < 4.78 is 37.6. The van der Waals surface area contributed by atoms with Crippen molar-refractivity contribution in [3.63, 3.8) is 0 Å². The minimum atomic E-state index is -4.45. The summed E-state index contributed by atoms with van der Waals surface area (Å²) in [5.74, 6) is -1.62. The Hall–Kier alpha value is -0.800. The molecule has 1 heterocycles. The van der Waals surface area contributed by atoms with Crippen molar-refractivity contribution in [2.75, 3.05) is 19.6 Å². The third-order valence-electron chi connectivity index (χ3n) is 3.44. The van der Waals surface area contributed by atoms with E-state index in [1.165, 1.54) is 6.07 Å². The van der Waals surface area contributed by atoms with Crippen LogP contribution in [0.25, 0.3) is 0 Å². The molecule has 0 bridgehead atoms. The van der Waals surface area contributed by atoms with E-state index in [1.807, 2.05) is 6.92 Å². The van der Waals surface area contributed by atoms with Crippen LogP contribution in [0.1, 0.15) is 19.8 Å². The van der Waals surface area contributed by atoms with E-state index in [0.29, 0.717) is 19.0 Å². The van der Waals surface area contributed by atoms with Crippen molar-refractivity contribution in [1.29, 1.82) is 5.26 Å². The van der Waals surface area contributed by atoms with E-state index in [2.05, 4.69) is 0 Å². The quantitative estimate of drug-likeness (QED) is 0.829. The van der Waals surface area contributed by atoms with Gasteiger partial charge in [0, 0.05) is 19.1 Å². The number of hydrogen-bond donors (Lipinski definition) is 1. The maximum absolute atomic E-state index is 12.5. The highest BCUT2D eigenvalue weighted by atomic mass is 19.4. The average molecular weight is 249 g/mol. The van der Waals surface area contributed by atoms with Gasteiger partial charge in [-0.15, -0.1) is 0 Å². The molecule has 1 saturated heterocycles. The van der Waals surface area contributed by atoms with Crippen molar-refractivity contribution in [2.45, 2.75) is 32.0 Å². The molecule has 1 aliphatic rings. The van der Waals surface area contributed by atoms with Gasteiger partial charge in [0.25, 0.3) is 0 Å². The van der Waals surface area contributed by atoms with E-state index < -0.39 is 12.1 Å². The van der Waals surface area contributed by atoms with Crippen molar-refractivity contribution in [2.24, 2.45) is 17.6 Å². The predicted octanol–water partition coefficient (Wildman–Crippen LogP) is 1.75. The maximum Gasteiger partial charge on any atom is 0.405 e. The third-order valence-corrected chi connectivity index (χ3v) is 3.44. The molecule has 98 valence electrons. The first kappa shape index (κ1) is 14.3. The SMILES string of the molecule is CC1CCCN(CC(C#N)C(F)(F)F)C1CN. The Balaban J connectivity index is 2.68. The highest BCUT2D eigenvalue weighted by molar-refractivity contribution is 4.93. The highest BCUT2D eigenvalue weighted by Crippen LogP contribution is 2.29. The Morgan fingerprint density at radius 1 is 1.53 bits per heavy atom. The number of nitrogens with zero attached hydrogens (tertiary/aromatic N) is 2. The molecule has 0 radical (unpaired) electrons. The van der Waals surface area contributed by atoms with Gasteiger partial charge in [0.1, 0.15) is 0 Å². The van der Waals surface area contributed by atoms with E-state index in [4.69, 9.17) is 11.0 Å². The van der Waals surface area contributed by atoms with Crippen LogP contribution in [0.4, 0.5) is 13.2 Å². The number of rotatable bonds is 3. The maximum atomic E-state index is 12.5. The van der Waals surface area contributed by atoms with Gasteiger partial charge in [0.15, 0.2) is 5.92 Å². The van der Waals surface area contributed by atoms with Gasteiger partial charge >= 0.3 is 6.18 Å². The summed E-state index contributed by atoms with van der Waals surface area (Å²) in [6.07, 6.45) is -2.59. The summed E-state index contributed by atoms with van der Waals surface area (Å²) in [5, 5.41) is 8.59. The fraction of sp³-hybridized carbons (Fsp3) is 0.909. The Morgan fingerprint density at radius 2 is 2.18 bits per heavy atom. The van der Waals surface area contributed by atoms with E-state index >= 15 is 0 Å². The van der Waals surface area contributed by atoms with Gasteiger partial charge in [-0.25, -0.2) is 0 Å². The van der Waals surface area contributed by atoms with Crippen molar-refractivity contribution < 1.29 is 13.2 Å². The van der Waals surface area contributed by atoms with Gasteiger partial charge in [0.2, 0.25) is 0 Å². The molecule has 0 aromatic heterocycles. The van der Waals surface area contributed by atoms with Gasteiger partial charge < -0.3 is 5.73 Å². The van der Waals surface area contributed by atoms with Crippen LogP contribution in [0.15, 0.2) is 0 Å². The van der Waals surface area contributed by atoms with E-state index in [9.17, 15) is 13.2 Å². The largest absolute Gasteiger partial charge is 0.405 e. The summed E-state index contributed by atoms with van der Waals surface area (Å²) in [4.78, 5) is 1.72. The summed E-state index contributed by atoms with van der Waals surface area (Å²) in [7, 11) is 0. The minimum absolute atomic E-state index is 0.0399. The van der Waals surface area contributed by atoms with Crippen LogP contribution in [0.5, 0.6) is 0 Å². The molecule has 2 N–H and O–H groups in total. The molecule has 0 saturated carbocycles. The van der Waals surface area contributed by atoms with Crippen LogP contribution >= 0.6 is 0 Å². The Kier molecular flexibility index (Phi) is 4.78. The van der Waals surface area contributed by atoms with Gasteiger partial charge in [-0.1, -0.05) is 6.92 Å². The minimum Gasteiger partial charge on any atom is -0.329 e. The monoisotopic (exact) mass is 249 g/mol. The smallest absolute Gasteiger partial charge is 0.329 e. The van der Waals surface area contributed by atoms with E-state index in [-0.39, 0.29) is 12.6 Å². The zero-order valence-electron chi connectivity index (χ0n) is 9.87. The van der Waals surface area contributed by atoms with Gasteiger partial charge in [0.05, 0.1) is 6.07 Å². The Bertz CT molecular complexity index is 285. The second-order valence-corrected chi connectivity index (χ2v) is 4.64. The molecule has 0 aromatic rings. The molecule has 3 nitrogen and oxygen atoms in total. The molecule has 0 amide bonds. The first-order valence-electron chi connectivity index (χ1n) is 5.80. The number of nitrogens with two attached hydrogens (primary N) is 1. The number of halogens is 3. The lowest BCUT2D eigenvalue weighted by atomic mass is 9.90. The molecule has 1 fully saturated rings. The second kappa shape index (κ2) is 5.69. The molecule has 0 aliphatic carbocycles. The Morgan fingerprint density at radius 3 is 2.65 bits per heavy atom. The lowest BCUT2D eigenvalue weighted by Crippen LogP contribution is -2.51. The van der Waals surface area contributed by atoms with Gasteiger partial charge in [-0.3, -0.25) is 4.90 Å². The normalized spacial score (nSPS) is 28.7. The van der Waals surface area contributed by atoms with Crippen LogP contribution in [-0.4, -0.2) is 36.8 Å². The number of alkyl halides is 3. The van der Waals surface area contributed by atoms with E-state index in [1.54, 1.807) is 4.90 Å². The second-order valence-electron chi connectivity index (χ2n) is 4.64. The van der Waals surface area contributed by atoms with Crippen LogP contribution in [0.3, 0.4) is 0 Å². The molecule has 6 heteroatoms. The molecular formula is C11H18F3N3. The number of hydrogen-bond acceptors (Lipinski definition) is 3. The number of nitriles is 1. The average Bonchev–Trinajstić information content (AvgIpc) is 2.24. The summed E-state index contributed by atoms with van der Waals surface area (Å²) in [6.45, 7) is 2.68. The fourth-order valence-electron chi connectivity index (χ4n) is 2.39. The first-order valence-corrected chi connectivity index (χ1v) is 5.80. The summed E-state index contributed by atoms with van der Waals surface area (Å²) in [5.41, 5.74) is 5.60. The van der Waals surface area contributed by atoms with Crippen LogP contribution < -0.4 is 5.73 Å². The topological polar surface area (TPSA) is 53.0 Å². The van der Waals surface area contributed by atoms with Crippen molar-refractivity contribution in [3.8, 4) is 6.07 Å². The molecule has 1 aliphatic heterocycles. The fourth-order valence-corrected chi connectivity index (χ4v) is 2.39. The molecular weight excluding hydrogens is 231 g/mol. The summed E-state index contributed by atoms with van der Waals surface area (Å²) >= 11 is 0. The van der Waals surface area contributed by atoms with Crippen molar-refractivity contribution in [3.05, 3.63) is 0 Å². The first-order chi connectivity index (χ1) is 7.90. The highest BCUT2D eigenvalue weighted by Gasteiger charge is 2.42. The van der Waals surface area contributed by atoms with E-state index in [0.717, 1.165) is 12.8 Å². The molecule has 3 atom stereocenters. The van der Waals surface area contributed by atoms with Crippen LogP contribution in [0.2, 0.25) is 0 Å². The van der Waals surface area contributed by atoms with Gasteiger partial charge in [-0.05, 0) is 25.3 Å². The zero-order chi connectivity index (χ0) is 13.1. The molecule has 17 heavy (non-hydrogen) atoms. The van der Waals surface area contributed by atoms with Gasteiger partial charge in [-0.2, -0.15) is 18.4 Å². The van der Waals surface area contributed by atoms with Crippen LogP contribution in [0, 0.1) is 23.2 Å². The predicted molar refractivity (Wildman–Crippen MR) is 58.0 cm³/mol. The van der Waals surface area contributed by atoms with Crippen molar-refractivity contribution >= 4 is 0 Å². The molecule has 0 aromatic carbocycles.